The van der Waals surface area contributed by atoms with Gasteiger partial charge in [0.1, 0.15) is 5.69 Å². The molecule has 1 aliphatic rings. The van der Waals surface area contributed by atoms with E-state index in [-0.39, 0.29) is 36.9 Å². The topological polar surface area (TPSA) is 86.9 Å². The Morgan fingerprint density at radius 2 is 2.13 bits per heavy atom. The van der Waals surface area contributed by atoms with Crippen LogP contribution in [-0.4, -0.2) is 53.6 Å². The number of benzene rings is 1. The van der Waals surface area contributed by atoms with Gasteiger partial charge >= 0.3 is 0 Å². The molecule has 0 unspecified atom stereocenters. The lowest BCUT2D eigenvalue weighted by atomic mass is 10.1. The summed E-state index contributed by atoms with van der Waals surface area (Å²) in [5.74, 6) is -0.352. The van der Waals surface area contributed by atoms with E-state index in [0.717, 1.165) is 25.9 Å². The summed E-state index contributed by atoms with van der Waals surface area (Å²) in [6, 6.07) is 4.57. The molecule has 2 rings (SSSR count). The van der Waals surface area contributed by atoms with Gasteiger partial charge in [0.25, 0.3) is 11.6 Å². The molecule has 0 aliphatic carbocycles. The van der Waals surface area contributed by atoms with E-state index < -0.39 is 4.92 Å². The number of hydrogen-bond acceptors (Lipinski definition) is 5. The zero-order valence-corrected chi connectivity index (χ0v) is 13.0. The standard InChI is InChI=1S/C16H21N3O4/c1-2-7-18(10-11-20)16(21)13-5-6-14(15(12-13)19(22)23)17-8-3-4-9-17/h2,5-6,12,20H,1,3-4,7-11H2. The van der Waals surface area contributed by atoms with Crippen molar-refractivity contribution in [3.63, 3.8) is 0 Å². The van der Waals surface area contributed by atoms with Crippen molar-refractivity contribution >= 4 is 17.3 Å². The molecule has 1 fully saturated rings. The Labute approximate surface area is 135 Å². The van der Waals surface area contributed by atoms with E-state index in [1.54, 1.807) is 18.2 Å². The third kappa shape index (κ3) is 3.87. The molecule has 1 aromatic rings. The van der Waals surface area contributed by atoms with Gasteiger partial charge in [0.15, 0.2) is 0 Å². The first-order valence-corrected chi connectivity index (χ1v) is 7.63. The number of rotatable bonds is 7. The van der Waals surface area contributed by atoms with Gasteiger partial charge in [0.05, 0.1) is 11.5 Å². The van der Waals surface area contributed by atoms with Crippen molar-refractivity contribution in [2.24, 2.45) is 0 Å². The van der Waals surface area contributed by atoms with E-state index >= 15 is 0 Å². The van der Waals surface area contributed by atoms with E-state index in [2.05, 4.69) is 6.58 Å². The van der Waals surface area contributed by atoms with Crippen molar-refractivity contribution in [1.82, 2.24) is 4.90 Å². The number of anilines is 1. The highest BCUT2D eigenvalue weighted by atomic mass is 16.6. The third-order valence-corrected chi connectivity index (χ3v) is 3.87. The predicted molar refractivity (Wildman–Crippen MR) is 87.7 cm³/mol. The highest BCUT2D eigenvalue weighted by Gasteiger charge is 2.25. The Balaban J connectivity index is 2.32. The number of carbonyl (C=O) groups is 1. The highest BCUT2D eigenvalue weighted by molar-refractivity contribution is 5.96. The lowest BCUT2D eigenvalue weighted by Gasteiger charge is -2.21. The quantitative estimate of drug-likeness (QED) is 0.470. The zero-order chi connectivity index (χ0) is 16.8. The number of nitro groups is 1. The minimum Gasteiger partial charge on any atom is -0.395 e. The summed E-state index contributed by atoms with van der Waals surface area (Å²) in [6.45, 7) is 5.43. The molecule has 23 heavy (non-hydrogen) atoms. The average Bonchev–Trinajstić information content (AvgIpc) is 3.07. The number of amides is 1. The second-order valence-corrected chi connectivity index (χ2v) is 5.42. The van der Waals surface area contributed by atoms with Crippen molar-refractivity contribution < 1.29 is 14.8 Å². The Morgan fingerprint density at radius 1 is 1.43 bits per heavy atom. The molecule has 1 amide bonds. The predicted octanol–water partition coefficient (Wildman–Crippen LogP) is 1.82. The van der Waals surface area contributed by atoms with Crippen LogP contribution in [0.1, 0.15) is 23.2 Å². The average molecular weight is 319 g/mol. The van der Waals surface area contributed by atoms with Gasteiger partial charge < -0.3 is 14.9 Å². The van der Waals surface area contributed by atoms with Crippen LogP contribution in [0.25, 0.3) is 0 Å². The molecule has 124 valence electrons. The van der Waals surface area contributed by atoms with Gasteiger partial charge in [0.2, 0.25) is 0 Å². The van der Waals surface area contributed by atoms with Gasteiger partial charge in [0, 0.05) is 37.8 Å². The largest absolute Gasteiger partial charge is 0.395 e. The third-order valence-electron chi connectivity index (χ3n) is 3.87. The van der Waals surface area contributed by atoms with Gasteiger partial charge in [-0.1, -0.05) is 6.08 Å². The normalized spacial score (nSPS) is 13.9. The minimum absolute atomic E-state index is 0.0553. The summed E-state index contributed by atoms with van der Waals surface area (Å²) in [5, 5.41) is 20.4. The lowest BCUT2D eigenvalue weighted by Crippen LogP contribution is -2.33. The van der Waals surface area contributed by atoms with Crippen LogP contribution in [0.2, 0.25) is 0 Å². The Bertz CT molecular complexity index is 597. The van der Waals surface area contributed by atoms with Gasteiger partial charge in [-0.15, -0.1) is 6.58 Å². The molecule has 1 saturated heterocycles. The smallest absolute Gasteiger partial charge is 0.293 e. The van der Waals surface area contributed by atoms with Crippen LogP contribution in [0.5, 0.6) is 0 Å². The molecule has 7 heteroatoms. The van der Waals surface area contributed by atoms with Crippen molar-refractivity contribution in [2.45, 2.75) is 12.8 Å². The fraction of sp³-hybridized carbons (Fsp3) is 0.438. The lowest BCUT2D eigenvalue weighted by molar-refractivity contribution is -0.384. The minimum atomic E-state index is -0.450. The van der Waals surface area contributed by atoms with E-state index in [1.807, 2.05) is 4.90 Å². The summed E-state index contributed by atoms with van der Waals surface area (Å²) < 4.78 is 0. The Kier molecular flexibility index (Phi) is 5.70. The van der Waals surface area contributed by atoms with Crippen molar-refractivity contribution in [3.05, 3.63) is 46.5 Å². The molecule has 0 radical (unpaired) electrons. The van der Waals surface area contributed by atoms with Gasteiger partial charge in [-0.2, -0.15) is 0 Å². The maximum atomic E-state index is 12.5. The van der Waals surface area contributed by atoms with E-state index in [0.29, 0.717) is 5.69 Å². The number of hydrogen-bond donors (Lipinski definition) is 1. The first-order valence-electron chi connectivity index (χ1n) is 7.63. The van der Waals surface area contributed by atoms with Crippen LogP contribution in [0.4, 0.5) is 11.4 Å². The van der Waals surface area contributed by atoms with Crippen molar-refractivity contribution in [3.8, 4) is 0 Å². The molecule has 0 bridgehead atoms. The fourth-order valence-electron chi connectivity index (χ4n) is 2.76. The summed E-state index contributed by atoms with van der Waals surface area (Å²) in [4.78, 5) is 26.8. The van der Waals surface area contributed by atoms with E-state index in [9.17, 15) is 14.9 Å². The molecule has 1 aliphatic heterocycles. The van der Waals surface area contributed by atoms with E-state index in [1.165, 1.54) is 11.0 Å². The second kappa shape index (κ2) is 7.73. The highest BCUT2D eigenvalue weighted by Crippen LogP contribution is 2.31. The van der Waals surface area contributed by atoms with Crippen LogP contribution in [0.3, 0.4) is 0 Å². The van der Waals surface area contributed by atoms with Crippen molar-refractivity contribution in [2.75, 3.05) is 37.7 Å². The zero-order valence-electron chi connectivity index (χ0n) is 13.0. The first kappa shape index (κ1) is 17.0. The maximum absolute atomic E-state index is 12.5. The van der Waals surface area contributed by atoms with Gasteiger partial charge in [-0.25, -0.2) is 0 Å². The molecular weight excluding hydrogens is 298 g/mol. The summed E-state index contributed by atoms with van der Waals surface area (Å²) in [5.41, 5.74) is 0.747. The molecular formula is C16H21N3O4. The van der Waals surface area contributed by atoms with Gasteiger partial charge in [-0.3, -0.25) is 14.9 Å². The first-order chi connectivity index (χ1) is 11.1. The molecule has 0 aromatic heterocycles. The molecule has 0 spiro atoms. The molecule has 0 saturated carbocycles. The number of nitro benzene ring substituents is 1. The number of nitrogens with zero attached hydrogens (tertiary/aromatic N) is 3. The Hall–Kier alpha value is -2.41. The van der Waals surface area contributed by atoms with Crippen LogP contribution in [0, 0.1) is 10.1 Å². The van der Waals surface area contributed by atoms with Crippen LogP contribution < -0.4 is 4.90 Å². The number of carbonyl (C=O) groups excluding carboxylic acids is 1. The number of aliphatic hydroxyl groups excluding tert-OH is 1. The molecule has 0 atom stereocenters. The van der Waals surface area contributed by atoms with Gasteiger partial charge in [-0.05, 0) is 25.0 Å². The maximum Gasteiger partial charge on any atom is 0.293 e. The van der Waals surface area contributed by atoms with Crippen LogP contribution in [0.15, 0.2) is 30.9 Å². The molecule has 1 N–H and O–H groups in total. The molecule has 7 nitrogen and oxygen atoms in total. The Morgan fingerprint density at radius 3 is 2.70 bits per heavy atom. The second-order valence-electron chi connectivity index (χ2n) is 5.42. The van der Waals surface area contributed by atoms with E-state index in [4.69, 9.17) is 5.11 Å². The fourth-order valence-corrected chi connectivity index (χ4v) is 2.76. The summed E-state index contributed by atoms with van der Waals surface area (Å²) in [6.07, 6.45) is 3.59. The molecule has 1 heterocycles. The monoisotopic (exact) mass is 319 g/mol. The van der Waals surface area contributed by atoms with Crippen LogP contribution in [-0.2, 0) is 0 Å². The van der Waals surface area contributed by atoms with Crippen molar-refractivity contribution in [1.29, 1.82) is 0 Å². The number of aliphatic hydroxyl groups is 1. The SMILES string of the molecule is C=CCN(CCO)C(=O)c1ccc(N2CCCC2)c([N+](=O)[O-])c1. The summed E-state index contributed by atoms with van der Waals surface area (Å²) in [7, 11) is 0. The van der Waals surface area contributed by atoms with Crippen LogP contribution >= 0.6 is 0 Å². The molecule has 1 aromatic carbocycles. The summed E-state index contributed by atoms with van der Waals surface area (Å²) >= 11 is 0.